The zero-order valence-corrected chi connectivity index (χ0v) is 6.81. The van der Waals surface area contributed by atoms with Gasteiger partial charge in [0.05, 0.1) is 5.37 Å². The number of aryl methyl sites for hydroxylation is 1. The minimum Gasteiger partial charge on any atom is -0.316 e. The Morgan fingerprint density at radius 2 is 2.20 bits per heavy atom. The number of nitrogens with two attached hydrogens (primary N) is 1. The topological polar surface area (TPSA) is 26.0 Å². The molecular weight excluding hydrogens is 142 g/mol. The number of hydrogen-bond acceptors (Lipinski definition) is 2. The van der Waals surface area contributed by atoms with E-state index in [-0.39, 0.29) is 5.37 Å². The van der Waals surface area contributed by atoms with E-state index in [1.54, 1.807) is 0 Å². The van der Waals surface area contributed by atoms with Crippen LogP contribution < -0.4 is 5.73 Å². The molecule has 2 N–H and O–H groups in total. The van der Waals surface area contributed by atoms with E-state index in [9.17, 15) is 0 Å². The Kier molecular flexibility index (Phi) is 2.35. The van der Waals surface area contributed by atoms with Gasteiger partial charge in [0.2, 0.25) is 0 Å². The van der Waals surface area contributed by atoms with Crippen molar-refractivity contribution in [3.05, 3.63) is 35.4 Å². The maximum absolute atomic E-state index is 5.55. The Labute approximate surface area is 66.7 Å². The van der Waals surface area contributed by atoms with Gasteiger partial charge < -0.3 is 5.73 Å². The predicted octanol–water partition coefficient (Wildman–Crippen LogP) is 1.88. The van der Waals surface area contributed by atoms with E-state index in [1.807, 2.05) is 31.2 Å². The van der Waals surface area contributed by atoms with Gasteiger partial charge in [0.1, 0.15) is 0 Å². The molecule has 1 aromatic carbocycles. The molecule has 1 nitrogen and oxygen atoms in total. The smallest absolute Gasteiger partial charge is 0.0734 e. The lowest BCUT2D eigenvalue weighted by Crippen LogP contribution is -2.01. The minimum absolute atomic E-state index is 0.153. The Morgan fingerprint density at radius 3 is 2.60 bits per heavy atom. The van der Waals surface area contributed by atoms with E-state index in [2.05, 4.69) is 12.6 Å². The fraction of sp³-hybridized carbons (Fsp3) is 0.250. The van der Waals surface area contributed by atoms with E-state index in [1.165, 1.54) is 5.56 Å². The third-order valence-corrected chi connectivity index (χ3v) is 1.68. The van der Waals surface area contributed by atoms with Gasteiger partial charge in [0.15, 0.2) is 0 Å². The van der Waals surface area contributed by atoms with Gasteiger partial charge in [0.25, 0.3) is 0 Å². The summed E-state index contributed by atoms with van der Waals surface area (Å²) in [7, 11) is 0. The molecule has 0 bridgehead atoms. The molecule has 0 spiro atoms. The molecule has 1 rings (SSSR count). The van der Waals surface area contributed by atoms with Gasteiger partial charge in [-0.05, 0) is 12.5 Å². The van der Waals surface area contributed by atoms with Crippen molar-refractivity contribution in [2.24, 2.45) is 5.73 Å². The van der Waals surface area contributed by atoms with Gasteiger partial charge in [-0.3, -0.25) is 0 Å². The molecule has 1 atom stereocenters. The molecule has 0 aliphatic heterocycles. The summed E-state index contributed by atoms with van der Waals surface area (Å²) < 4.78 is 0. The van der Waals surface area contributed by atoms with Gasteiger partial charge >= 0.3 is 0 Å². The number of rotatable bonds is 1. The zero-order valence-electron chi connectivity index (χ0n) is 5.91. The van der Waals surface area contributed by atoms with Crippen LogP contribution in [0.4, 0.5) is 0 Å². The van der Waals surface area contributed by atoms with Crippen molar-refractivity contribution >= 4 is 12.6 Å². The summed E-state index contributed by atoms with van der Waals surface area (Å²) in [6.07, 6.45) is 0. The maximum atomic E-state index is 5.55. The maximum Gasteiger partial charge on any atom is 0.0734 e. The lowest BCUT2D eigenvalue weighted by atomic mass is 10.1. The van der Waals surface area contributed by atoms with Crippen molar-refractivity contribution in [3.8, 4) is 0 Å². The van der Waals surface area contributed by atoms with E-state index in [4.69, 9.17) is 5.73 Å². The average Bonchev–Trinajstić information content (AvgIpc) is 1.88. The normalized spacial score (nSPS) is 13.1. The van der Waals surface area contributed by atoms with Crippen LogP contribution in [0.15, 0.2) is 24.3 Å². The van der Waals surface area contributed by atoms with Crippen LogP contribution in [-0.2, 0) is 0 Å². The molecule has 1 unspecified atom stereocenters. The molecule has 0 aliphatic rings. The largest absolute Gasteiger partial charge is 0.316 e. The Balaban J connectivity index is 2.96. The highest BCUT2D eigenvalue weighted by atomic mass is 32.1. The number of thiol groups is 1. The van der Waals surface area contributed by atoms with Crippen LogP contribution in [0.3, 0.4) is 0 Å². The molecule has 1 aromatic rings. The number of hydrogen-bond donors (Lipinski definition) is 2. The second-order valence-electron chi connectivity index (χ2n) is 2.36. The van der Waals surface area contributed by atoms with Crippen molar-refractivity contribution in [2.75, 3.05) is 0 Å². The van der Waals surface area contributed by atoms with Crippen molar-refractivity contribution in [1.82, 2.24) is 0 Å². The second-order valence-corrected chi connectivity index (χ2v) is 2.92. The molecule has 0 fully saturated rings. The fourth-order valence-corrected chi connectivity index (χ4v) is 1.01. The summed E-state index contributed by atoms with van der Waals surface area (Å²) in [6, 6.07) is 8.04. The van der Waals surface area contributed by atoms with Crippen molar-refractivity contribution in [2.45, 2.75) is 12.3 Å². The zero-order chi connectivity index (χ0) is 7.56. The quantitative estimate of drug-likeness (QED) is 0.467. The molecule has 0 radical (unpaired) electrons. The van der Waals surface area contributed by atoms with E-state index in [0.717, 1.165) is 5.56 Å². The fourth-order valence-electron chi connectivity index (χ4n) is 0.854. The van der Waals surface area contributed by atoms with Crippen LogP contribution in [0.1, 0.15) is 16.5 Å². The summed E-state index contributed by atoms with van der Waals surface area (Å²) >= 11 is 4.11. The van der Waals surface area contributed by atoms with Crippen LogP contribution >= 0.6 is 12.6 Å². The van der Waals surface area contributed by atoms with Crippen LogP contribution in [0, 0.1) is 6.92 Å². The first-order valence-electron chi connectivity index (χ1n) is 3.20. The third kappa shape index (κ3) is 1.75. The molecular formula is C8H11NS. The monoisotopic (exact) mass is 153 g/mol. The van der Waals surface area contributed by atoms with Crippen LogP contribution in [0.2, 0.25) is 0 Å². The molecule has 0 heterocycles. The standard InChI is InChI=1S/C8H11NS/c1-6-3-2-4-7(5-6)8(9)10/h2-5,8,10H,9H2,1H3. The van der Waals surface area contributed by atoms with Crippen molar-refractivity contribution in [3.63, 3.8) is 0 Å². The first-order valence-corrected chi connectivity index (χ1v) is 3.72. The summed E-state index contributed by atoms with van der Waals surface area (Å²) in [5.74, 6) is 0. The summed E-state index contributed by atoms with van der Waals surface area (Å²) in [5, 5.41) is -0.153. The lowest BCUT2D eigenvalue weighted by Gasteiger charge is -2.03. The van der Waals surface area contributed by atoms with Gasteiger partial charge in [-0.25, -0.2) is 0 Å². The van der Waals surface area contributed by atoms with Crippen LogP contribution in [0.5, 0.6) is 0 Å². The highest BCUT2D eigenvalue weighted by Crippen LogP contribution is 2.13. The molecule has 0 aliphatic carbocycles. The highest BCUT2D eigenvalue weighted by molar-refractivity contribution is 7.80. The first kappa shape index (κ1) is 7.63. The Morgan fingerprint density at radius 1 is 1.50 bits per heavy atom. The molecule has 54 valence electrons. The SMILES string of the molecule is Cc1cccc(C(N)S)c1. The molecule has 0 amide bonds. The minimum atomic E-state index is -0.153. The Bertz CT molecular complexity index is 220. The van der Waals surface area contributed by atoms with Crippen LogP contribution in [-0.4, -0.2) is 0 Å². The first-order chi connectivity index (χ1) is 4.70. The number of benzene rings is 1. The van der Waals surface area contributed by atoms with Gasteiger partial charge in [-0.2, -0.15) is 12.6 Å². The average molecular weight is 153 g/mol. The van der Waals surface area contributed by atoms with Crippen LogP contribution in [0.25, 0.3) is 0 Å². The van der Waals surface area contributed by atoms with E-state index < -0.39 is 0 Å². The van der Waals surface area contributed by atoms with Gasteiger partial charge in [-0.15, -0.1) is 0 Å². The summed E-state index contributed by atoms with van der Waals surface area (Å²) in [6.45, 7) is 2.04. The summed E-state index contributed by atoms with van der Waals surface area (Å²) in [5.41, 5.74) is 7.84. The molecule has 10 heavy (non-hydrogen) atoms. The molecule has 2 heteroatoms. The van der Waals surface area contributed by atoms with Crippen molar-refractivity contribution < 1.29 is 0 Å². The van der Waals surface area contributed by atoms with Crippen molar-refractivity contribution in [1.29, 1.82) is 0 Å². The van der Waals surface area contributed by atoms with Gasteiger partial charge in [0, 0.05) is 0 Å². The van der Waals surface area contributed by atoms with E-state index in [0.29, 0.717) is 0 Å². The Hall–Kier alpha value is -0.470. The van der Waals surface area contributed by atoms with E-state index >= 15 is 0 Å². The molecule has 0 saturated carbocycles. The predicted molar refractivity (Wildman–Crippen MR) is 47.1 cm³/mol. The van der Waals surface area contributed by atoms with Gasteiger partial charge in [-0.1, -0.05) is 29.8 Å². The second kappa shape index (κ2) is 3.08. The molecule has 0 saturated heterocycles. The third-order valence-electron chi connectivity index (χ3n) is 1.38. The summed E-state index contributed by atoms with van der Waals surface area (Å²) in [4.78, 5) is 0. The highest BCUT2D eigenvalue weighted by Gasteiger charge is 1.97. The lowest BCUT2D eigenvalue weighted by molar-refractivity contribution is 1.04. The molecule has 0 aromatic heterocycles.